The van der Waals surface area contributed by atoms with Crippen LogP contribution >= 0.6 is 0 Å². The van der Waals surface area contributed by atoms with Crippen LogP contribution in [0.3, 0.4) is 0 Å². The Kier molecular flexibility index (Phi) is 5.82. The summed E-state index contributed by atoms with van der Waals surface area (Å²) in [6, 6.07) is 60.8. The van der Waals surface area contributed by atoms with E-state index >= 15 is 0 Å². The van der Waals surface area contributed by atoms with Crippen LogP contribution in [-0.4, -0.2) is 4.57 Å². The first-order chi connectivity index (χ1) is 20.9. The van der Waals surface area contributed by atoms with E-state index in [0.717, 1.165) is 22.7 Å². The molecule has 1 aromatic heterocycles. The highest BCUT2D eigenvalue weighted by Gasteiger charge is 2.23. The number of hydrogen-bond donors (Lipinski definition) is 0. The van der Waals surface area contributed by atoms with Crippen LogP contribution in [0.4, 0.5) is 17.1 Å². The Balaban J connectivity index is 1.54. The molecule has 42 heavy (non-hydrogen) atoms. The summed E-state index contributed by atoms with van der Waals surface area (Å²) in [4.78, 5) is 2.42. The van der Waals surface area contributed by atoms with E-state index in [1.807, 2.05) is 0 Å². The zero-order valence-electron chi connectivity index (χ0n) is 23.1. The van der Waals surface area contributed by atoms with Crippen molar-refractivity contribution in [3.05, 3.63) is 170 Å². The van der Waals surface area contributed by atoms with Gasteiger partial charge < -0.3 is 9.47 Å². The normalized spacial score (nSPS) is 11.3. The van der Waals surface area contributed by atoms with Crippen LogP contribution in [0.1, 0.15) is 0 Å². The van der Waals surface area contributed by atoms with Crippen molar-refractivity contribution in [2.24, 2.45) is 0 Å². The standard InChI is InChI=1S/C40H28N2/c1-4-15-30(16-5-1)34-24-13-27-37-39(34)35-25-14-28-38(40(35)42(37)32-21-8-3-9-22-32)41(31-19-6-2-7-20-31)36-26-12-18-29-17-10-11-23-33(29)36/h1-28H. The van der Waals surface area contributed by atoms with Gasteiger partial charge in [-0.05, 0) is 59.0 Å². The number of hydrogen-bond acceptors (Lipinski definition) is 1. The topological polar surface area (TPSA) is 8.17 Å². The molecule has 198 valence electrons. The molecule has 7 aromatic carbocycles. The second kappa shape index (κ2) is 10.1. The summed E-state index contributed by atoms with van der Waals surface area (Å²) >= 11 is 0. The van der Waals surface area contributed by atoms with Gasteiger partial charge in [0, 0.05) is 27.5 Å². The van der Waals surface area contributed by atoms with Gasteiger partial charge in [0.1, 0.15) is 0 Å². The maximum Gasteiger partial charge on any atom is 0.0782 e. The Morgan fingerprint density at radius 3 is 1.83 bits per heavy atom. The van der Waals surface area contributed by atoms with Crippen molar-refractivity contribution < 1.29 is 0 Å². The Bertz CT molecular complexity index is 2170. The average Bonchev–Trinajstić information content (AvgIpc) is 3.42. The first-order valence-corrected chi connectivity index (χ1v) is 14.4. The molecule has 0 aliphatic rings. The molecule has 2 nitrogen and oxygen atoms in total. The summed E-state index contributed by atoms with van der Waals surface area (Å²) < 4.78 is 2.44. The van der Waals surface area contributed by atoms with E-state index in [1.165, 1.54) is 43.7 Å². The maximum absolute atomic E-state index is 2.44. The second-order valence-electron chi connectivity index (χ2n) is 10.6. The Morgan fingerprint density at radius 1 is 0.429 bits per heavy atom. The lowest BCUT2D eigenvalue weighted by atomic mass is 9.99. The smallest absolute Gasteiger partial charge is 0.0782 e. The third kappa shape index (κ3) is 3.88. The van der Waals surface area contributed by atoms with E-state index in [2.05, 4.69) is 179 Å². The van der Waals surface area contributed by atoms with E-state index < -0.39 is 0 Å². The van der Waals surface area contributed by atoms with Crippen LogP contribution in [0.2, 0.25) is 0 Å². The van der Waals surface area contributed by atoms with Crippen molar-refractivity contribution in [3.63, 3.8) is 0 Å². The maximum atomic E-state index is 2.44. The molecule has 0 spiro atoms. The fourth-order valence-corrected chi connectivity index (χ4v) is 6.37. The van der Waals surface area contributed by atoms with Crippen molar-refractivity contribution in [2.45, 2.75) is 0 Å². The van der Waals surface area contributed by atoms with Gasteiger partial charge in [0.15, 0.2) is 0 Å². The SMILES string of the molecule is c1ccc(-c2cccc3c2c2cccc(N(c4ccccc4)c4cccc5ccccc45)c2n3-c2ccccc2)cc1. The van der Waals surface area contributed by atoms with Gasteiger partial charge >= 0.3 is 0 Å². The molecule has 0 radical (unpaired) electrons. The van der Waals surface area contributed by atoms with Gasteiger partial charge in [-0.2, -0.15) is 0 Å². The molecular formula is C40H28N2. The van der Waals surface area contributed by atoms with Gasteiger partial charge in [0.2, 0.25) is 0 Å². The highest BCUT2D eigenvalue weighted by atomic mass is 15.2. The number of fused-ring (bicyclic) bond motifs is 4. The molecule has 8 aromatic rings. The van der Waals surface area contributed by atoms with Crippen LogP contribution in [0.5, 0.6) is 0 Å². The van der Waals surface area contributed by atoms with Gasteiger partial charge in [0.05, 0.1) is 22.4 Å². The summed E-state index contributed by atoms with van der Waals surface area (Å²) in [7, 11) is 0. The van der Waals surface area contributed by atoms with E-state index in [9.17, 15) is 0 Å². The number of aromatic nitrogens is 1. The minimum absolute atomic E-state index is 1.12. The molecule has 0 bridgehead atoms. The van der Waals surface area contributed by atoms with Gasteiger partial charge in [-0.15, -0.1) is 0 Å². The Morgan fingerprint density at radius 2 is 1.02 bits per heavy atom. The molecule has 0 unspecified atom stereocenters. The third-order valence-corrected chi connectivity index (χ3v) is 8.15. The predicted octanol–water partition coefficient (Wildman–Crippen LogP) is 11.1. The lowest BCUT2D eigenvalue weighted by Gasteiger charge is -2.28. The van der Waals surface area contributed by atoms with Gasteiger partial charge in [0.25, 0.3) is 0 Å². The lowest BCUT2D eigenvalue weighted by Crippen LogP contribution is -2.12. The van der Waals surface area contributed by atoms with Gasteiger partial charge in [-0.3, -0.25) is 0 Å². The number of nitrogens with zero attached hydrogens (tertiary/aromatic N) is 2. The molecule has 0 saturated carbocycles. The molecule has 0 saturated heterocycles. The van der Waals surface area contributed by atoms with Crippen LogP contribution in [0, 0.1) is 0 Å². The van der Waals surface area contributed by atoms with Gasteiger partial charge in [-0.25, -0.2) is 0 Å². The van der Waals surface area contributed by atoms with Crippen LogP contribution in [0.25, 0.3) is 49.4 Å². The highest BCUT2D eigenvalue weighted by Crippen LogP contribution is 2.46. The van der Waals surface area contributed by atoms with Crippen LogP contribution in [-0.2, 0) is 0 Å². The van der Waals surface area contributed by atoms with Crippen molar-refractivity contribution in [2.75, 3.05) is 4.90 Å². The average molecular weight is 537 g/mol. The van der Waals surface area contributed by atoms with E-state index in [-0.39, 0.29) is 0 Å². The Hall–Kier alpha value is -5.60. The van der Waals surface area contributed by atoms with Crippen molar-refractivity contribution >= 4 is 49.6 Å². The Labute approximate surface area is 245 Å². The first kappa shape index (κ1) is 24.2. The van der Waals surface area contributed by atoms with Crippen molar-refractivity contribution in [1.82, 2.24) is 4.57 Å². The van der Waals surface area contributed by atoms with Gasteiger partial charge in [-0.1, -0.05) is 127 Å². The molecule has 0 atom stereocenters. The van der Waals surface area contributed by atoms with Crippen LogP contribution in [0.15, 0.2) is 170 Å². The summed E-state index contributed by atoms with van der Waals surface area (Å²) in [6.07, 6.45) is 0. The number of rotatable bonds is 5. The van der Waals surface area contributed by atoms with Crippen molar-refractivity contribution in [3.8, 4) is 16.8 Å². The molecule has 1 heterocycles. The number of anilines is 3. The molecule has 0 amide bonds. The molecule has 0 fully saturated rings. The highest BCUT2D eigenvalue weighted by molar-refractivity contribution is 6.19. The summed E-state index contributed by atoms with van der Waals surface area (Å²) in [5.41, 5.74) is 9.37. The summed E-state index contributed by atoms with van der Waals surface area (Å²) in [5, 5.41) is 4.92. The van der Waals surface area contributed by atoms with E-state index in [1.54, 1.807) is 0 Å². The minimum Gasteiger partial charge on any atom is -0.308 e. The second-order valence-corrected chi connectivity index (χ2v) is 10.6. The molecule has 0 N–H and O–H groups in total. The largest absolute Gasteiger partial charge is 0.308 e. The monoisotopic (exact) mass is 536 g/mol. The number of para-hydroxylation sites is 3. The molecule has 2 heteroatoms. The fourth-order valence-electron chi connectivity index (χ4n) is 6.37. The predicted molar refractivity (Wildman–Crippen MR) is 178 cm³/mol. The molecule has 8 rings (SSSR count). The number of benzene rings is 7. The van der Waals surface area contributed by atoms with Crippen molar-refractivity contribution in [1.29, 1.82) is 0 Å². The molecular weight excluding hydrogens is 508 g/mol. The third-order valence-electron chi connectivity index (χ3n) is 8.15. The lowest BCUT2D eigenvalue weighted by molar-refractivity contribution is 1.17. The van der Waals surface area contributed by atoms with E-state index in [0.29, 0.717) is 0 Å². The van der Waals surface area contributed by atoms with E-state index in [4.69, 9.17) is 0 Å². The zero-order chi connectivity index (χ0) is 27.9. The molecule has 0 aliphatic carbocycles. The first-order valence-electron chi connectivity index (χ1n) is 14.4. The molecule has 0 aliphatic heterocycles. The zero-order valence-corrected chi connectivity index (χ0v) is 23.1. The summed E-state index contributed by atoms with van der Waals surface area (Å²) in [6.45, 7) is 0. The quantitative estimate of drug-likeness (QED) is 0.212. The minimum atomic E-state index is 1.12. The summed E-state index contributed by atoms with van der Waals surface area (Å²) in [5.74, 6) is 0. The van der Waals surface area contributed by atoms with Crippen LogP contribution < -0.4 is 4.90 Å². The fraction of sp³-hybridized carbons (Fsp3) is 0.